The Morgan fingerprint density at radius 3 is 2.78 bits per heavy atom. The largest absolute Gasteiger partial charge is 0.352 e. The number of carbonyl (C=O) groups is 1. The first-order chi connectivity index (χ1) is 8.75. The monoisotopic (exact) mass is 244 g/mol. The fourth-order valence-corrected chi connectivity index (χ4v) is 1.77. The van der Waals surface area contributed by atoms with Gasteiger partial charge in [0.25, 0.3) is 5.91 Å². The molecule has 1 heterocycles. The van der Waals surface area contributed by atoms with E-state index in [2.05, 4.69) is 10.3 Å². The number of carbonyl (C=O) groups excluding carboxylic acids is 1. The van der Waals surface area contributed by atoms with Crippen LogP contribution in [0.1, 0.15) is 22.3 Å². The molecule has 0 fully saturated rings. The maximum absolute atomic E-state index is 11.8. The maximum atomic E-state index is 11.8. The third-order valence-electron chi connectivity index (χ3n) is 2.86. The second-order valence-electron chi connectivity index (χ2n) is 4.39. The Balaban J connectivity index is 1.70. The van der Waals surface area contributed by atoms with E-state index in [-0.39, 0.29) is 5.91 Å². The van der Waals surface area contributed by atoms with Crippen LogP contribution in [0.15, 0.2) is 41.7 Å². The number of benzene rings is 1. The molecule has 94 valence electrons. The minimum atomic E-state index is -0.00405. The van der Waals surface area contributed by atoms with Crippen molar-refractivity contribution in [2.24, 2.45) is 4.99 Å². The van der Waals surface area contributed by atoms with Crippen molar-refractivity contribution in [3.05, 3.63) is 47.8 Å². The summed E-state index contributed by atoms with van der Waals surface area (Å²) in [7, 11) is 0. The van der Waals surface area contributed by atoms with Gasteiger partial charge in [-0.3, -0.25) is 9.69 Å². The molecule has 2 rings (SSSR count). The number of rotatable bonds is 5. The lowest BCUT2D eigenvalue weighted by atomic mass is 10.1. The lowest BCUT2D eigenvalue weighted by Crippen LogP contribution is -3.05. The van der Waals surface area contributed by atoms with Gasteiger partial charge in [-0.2, -0.15) is 0 Å². The van der Waals surface area contributed by atoms with Gasteiger partial charge < -0.3 is 5.32 Å². The molecular weight excluding hydrogens is 226 g/mol. The Labute approximate surface area is 107 Å². The van der Waals surface area contributed by atoms with E-state index in [9.17, 15) is 4.79 Å². The molecule has 4 nitrogen and oxygen atoms in total. The van der Waals surface area contributed by atoms with Crippen molar-refractivity contribution in [1.29, 1.82) is 0 Å². The number of aryl methyl sites for hydroxylation is 1. The minimum absolute atomic E-state index is 0.00405. The Morgan fingerprint density at radius 1 is 1.33 bits per heavy atom. The maximum Gasteiger partial charge on any atom is 0.251 e. The van der Waals surface area contributed by atoms with Crippen molar-refractivity contribution in [2.75, 3.05) is 13.1 Å². The molecule has 1 unspecified atom stereocenters. The Hall–Kier alpha value is -1.94. The van der Waals surface area contributed by atoms with Gasteiger partial charge in [-0.15, -0.1) is 0 Å². The second-order valence-corrected chi connectivity index (χ2v) is 4.39. The molecule has 1 atom stereocenters. The highest BCUT2D eigenvalue weighted by Gasteiger charge is 2.07. The van der Waals surface area contributed by atoms with Crippen LogP contribution < -0.4 is 10.2 Å². The average Bonchev–Trinajstić information content (AvgIpc) is 2.88. The molecule has 1 amide bonds. The van der Waals surface area contributed by atoms with Crippen LogP contribution in [0, 0.1) is 6.92 Å². The fraction of sp³-hybridized carbons (Fsp3) is 0.286. The number of hydrogen-bond donors (Lipinski definition) is 2. The zero-order chi connectivity index (χ0) is 12.8. The van der Waals surface area contributed by atoms with E-state index in [4.69, 9.17) is 0 Å². The molecular formula is C14H18N3O+. The molecule has 1 aliphatic heterocycles. The molecule has 0 saturated heterocycles. The number of aliphatic imine (C=N–C) groups is 1. The lowest BCUT2D eigenvalue weighted by Gasteiger charge is -2.07. The normalized spacial score (nSPS) is 17.1. The van der Waals surface area contributed by atoms with E-state index in [1.807, 2.05) is 43.7 Å². The molecule has 1 aromatic carbocycles. The third kappa shape index (κ3) is 3.53. The standard InChI is InChI=1S/C14H17N3O/c1-12-3-5-13(6-4-12)14(18)16-7-2-9-17-10-8-15-11-17/h3-6,8,10-11H,2,7,9H2,1H3,(H,16,18)/p+1. The number of nitrogens with zero attached hydrogens (tertiary/aromatic N) is 1. The molecule has 1 aromatic rings. The summed E-state index contributed by atoms with van der Waals surface area (Å²) in [5.74, 6) is -0.00405. The van der Waals surface area contributed by atoms with Crippen molar-refractivity contribution >= 4 is 12.2 Å². The highest BCUT2D eigenvalue weighted by Crippen LogP contribution is 2.02. The van der Waals surface area contributed by atoms with Crippen molar-refractivity contribution in [2.45, 2.75) is 13.3 Å². The lowest BCUT2D eigenvalue weighted by molar-refractivity contribution is -0.736. The quantitative estimate of drug-likeness (QED) is 0.729. The van der Waals surface area contributed by atoms with E-state index >= 15 is 0 Å². The fourth-order valence-electron chi connectivity index (χ4n) is 1.77. The first kappa shape index (κ1) is 12.5. The minimum Gasteiger partial charge on any atom is -0.352 e. The molecule has 0 radical (unpaired) electrons. The molecule has 0 saturated carbocycles. The molecule has 0 bridgehead atoms. The van der Waals surface area contributed by atoms with Crippen molar-refractivity contribution in [3.63, 3.8) is 0 Å². The van der Waals surface area contributed by atoms with Crippen LogP contribution in [0.2, 0.25) is 0 Å². The van der Waals surface area contributed by atoms with Gasteiger partial charge in [0.2, 0.25) is 0 Å². The second kappa shape index (κ2) is 6.12. The van der Waals surface area contributed by atoms with Gasteiger partial charge in [0, 0.05) is 18.5 Å². The first-order valence-corrected chi connectivity index (χ1v) is 6.16. The van der Waals surface area contributed by atoms with Crippen LogP contribution in [-0.4, -0.2) is 25.3 Å². The predicted octanol–water partition coefficient (Wildman–Crippen LogP) is 0.513. The predicted molar refractivity (Wildman–Crippen MR) is 71.6 cm³/mol. The van der Waals surface area contributed by atoms with E-state index in [0.29, 0.717) is 6.54 Å². The number of amides is 1. The zero-order valence-electron chi connectivity index (χ0n) is 10.5. The topological polar surface area (TPSA) is 45.9 Å². The SMILES string of the molecule is Cc1ccc(C(=O)NCCC[NH+]2C=CN=C2)cc1. The summed E-state index contributed by atoms with van der Waals surface area (Å²) in [6, 6.07) is 7.60. The first-order valence-electron chi connectivity index (χ1n) is 6.16. The Morgan fingerprint density at radius 2 is 2.11 bits per heavy atom. The molecule has 18 heavy (non-hydrogen) atoms. The summed E-state index contributed by atoms with van der Waals surface area (Å²) in [4.78, 5) is 17.0. The van der Waals surface area contributed by atoms with Gasteiger partial charge in [-0.05, 0) is 19.1 Å². The van der Waals surface area contributed by atoms with Crippen LogP contribution in [0.3, 0.4) is 0 Å². The van der Waals surface area contributed by atoms with Crippen LogP contribution >= 0.6 is 0 Å². The van der Waals surface area contributed by atoms with Gasteiger partial charge in [-0.1, -0.05) is 17.7 Å². The molecule has 1 aliphatic rings. The molecule has 0 aliphatic carbocycles. The van der Waals surface area contributed by atoms with E-state index < -0.39 is 0 Å². The molecule has 2 N–H and O–H groups in total. The number of nitrogens with one attached hydrogen (secondary N) is 2. The van der Waals surface area contributed by atoms with Crippen LogP contribution in [0.25, 0.3) is 0 Å². The van der Waals surface area contributed by atoms with Gasteiger partial charge in [0.1, 0.15) is 6.20 Å². The average molecular weight is 244 g/mol. The zero-order valence-corrected chi connectivity index (χ0v) is 10.5. The number of quaternary nitrogens is 1. The molecule has 0 spiro atoms. The summed E-state index contributed by atoms with van der Waals surface area (Å²) in [6.45, 7) is 3.65. The molecule has 0 aromatic heterocycles. The van der Waals surface area contributed by atoms with Crippen molar-refractivity contribution < 1.29 is 9.69 Å². The van der Waals surface area contributed by atoms with E-state index in [0.717, 1.165) is 24.1 Å². The van der Waals surface area contributed by atoms with Gasteiger partial charge in [0.15, 0.2) is 6.34 Å². The highest BCUT2D eigenvalue weighted by molar-refractivity contribution is 5.94. The number of hydrogen-bond acceptors (Lipinski definition) is 2. The summed E-state index contributed by atoms with van der Waals surface area (Å²) >= 11 is 0. The van der Waals surface area contributed by atoms with Crippen LogP contribution in [0.4, 0.5) is 0 Å². The third-order valence-corrected chi connectivity index (χ3v) is 2.86. The Kier molecular flexibility index (Phi) is 4.25. The van der Waals surface area contributed by atoms with Gasteiger partial charge in [0.05, 0.1) is 12.7 Å². The summed E-state index contributed by atoms with van der Waals surface area (Å²) in [5.41, 5.74) is 1.88. The van der Waals surface area contributed by atoms with Gasteiger partial charge in [-0.25, -0.2) is 4.99 Å². The van der Waals surface area contributed by atoms with E-state index in [1.165, 1.54) is 4.90 Å². The Bertz CT molecular complexity index is 450. The summed E-state index contributed by atoms with van der Waals surface area (Å²) in [6.07, 6.45) is 6.59. The molecule has 4 heteroatoms. The van der Waals surface area contributed by atoms with Crippen molar-refractivity contribution in [3.8, 4) is 0 Å². The smallest absolute Gasteiger partial charge is 0.251 e. The summed E-state index contributed by atoms with van der Waals surface area (Å²) in [5, 5.41) is 2.92. The van der Waals surface area contributed by atoms with E-state index in [1.54, 1.807) is 6.20 Å². The summed E-state index contributed by atoms with van der Waals surface area (Å²) < 4.78 is 0. The van der Waals surface area contributed by atoms with Crippen LogP contribution in [0.5, 0.6) is 0 Å². The highest BCUT2D eigenvalue weighted by atomic mass is 16.1. The van der Waals surface area contributed by atoms with Crippen molar-refractivity contribution in [1.82, 2.24) is 5.32 Å². The van der Waals surface area contributed by atoms with Gasteiger partial charge >= 0.3 is 0 Å². The van der Waals surface area contributed by atoms with Crippen LogP contribution in [-0.2, 0) is 0 Å².